The Balaban J connectivity index is 2.47. The van der Waals surface area contributed by atoms with Gasteiger partial charge in [-0.05, 0) is 72.5 Å². The van der Waals surface area contributed by atoms with E-state index in [1.165, 1.54) is 19.4 Å². The third-order valence-corrected chi connectivity index (χ3v) is 4.74. The lowest BCUT2D eigenvalue weighted by atomic mass is 9.92. The van der Waals surface area contributed by atoms with Gasteiger partial charge in [0.2, 0.25) is 0 Å². The van der Waals surface area contributed by atoms with Crippen LogP contribution in [0.25, 0.3) is 0 Å². The van der Waals surface area contributed by atoms with Crippen molar-refractivity contribution in [1.82, 2.24) is 15.5 Å². The number of carbonyl (C=O) groups is 1. The van der Waals surface area contributed by atoms with Gasteiger partial charge < -0.3 is 20.3 Å². The van der Waals surface area contributed by atoms with Gasteiger partial charge in [0.25, 0.3) is 0 Å². The number of piperidine rings is 1. The van der Waals surface area contributed by atoms with Crippen LogP contribution in [0.2, 0.25) is 0 Å². The number of amides is 1. The molecule has 5 heteroatoms. The van der Waals surface area contributed by atoms with Crippen molar-refractivity contribution in [3.05, 3.63) is 0 Å². The van der Waals surface area contributed by atoms with Crippen molar-refractivity contribution in [2.75, 3.05) is 33.2 Å². The highest BCUT2D eigenvalue weighted by Crippen LogP contribution is 2.18. The van der Waals surface area contributed by atoms with Crippen molar-refractivity contribution < 1.29 is 9.53 Å². The lowest BCUT2D eigenvalue weighted by Gasteiger charge is -2.35. The van der Waals surface area contributed by atoms with Crippen LogP contribution in [0.1, 0.15) is 60.3 Å². The van der Waals surface area contributed by atoms with E-state index >= 15 is 0 Å². The molecule has 1 saturated heterocycles. The molecule has 1 amide bonds. The van der Waals surface area contributed by atoms with Crippen molar-refractivity contribution in [3.63, 3.8) is 0 Å². The van der Waals surface area contributed by atoms with Crippen LogP contribution in [0.5, 0.6) is 0 Å². The smallest absolute Gasteiger partial charge is 0.408 e. The summed E-state index contributed by atoms with van der Waals surface area (Å²) in [6.45, 7) is 14.1. The van der Waals surface area contributed by atoms with Crippen LogP contribution in [-0.2, 0) is 4.74 Å². The third kappa shape index (κ3) is 7.53. The van der Waals surface area contributed by atoms with Crippen LogP contribution in [0.3, 0.4) is 0 Å². The maximum absolute atomic E-state index is 12.1. The maximum Gasteiger partial charge on any atom is 0.408 e. The summed E-state index contributed by atoms with van der Waals surface area (Å²) in [7, 11) is 2.19. The van der Waals surface area contributed by atoms with E-state index in [-0.39, 0.29) is 11.6 Å². The molecule has 1 rings (SSSR count). The molecule has 1 atom stereocenters. The summed E-state index contributed by atoms with van der Waals surface area (Å²) in [5.41, 5.74) is -0.694. The first-order chi connectivity index (χ1) is 10.7. The average molecular weight is 328 g/mol. The lowest BCUT2D eigenvalue weighted by Crippen LogP contribution is -2.55. The molecule has 0 spiro atoms. The van der Waals surface area contributed by atoms with Crippen molar-refractivity contribution >= 4 is 6.09 Å². The number of hydrogen-bond donors (Lipinski definition) is 2. The molecule has 0 aromatic heterocycles. The Kier molecular flexibility index (Phi) is 7.81. The predicted molar refractivity (Wildman–Crippen MR) is 95.8 cm³/mol. The second-order valence-electron chi connectivity index (χ2n) is 8.02. The minimum absolute atomic E-state index is 0.233. The number of rotatable bonds is 7. The van der Waals surface area contributed by atoms with E-state index in [0.717, 1.165) is 32.5 Å². The van der Waals surface area contributed by atoms with Crippen LogP contribution in [-0.4, -0.2) is 55.4 Å². The Labute approximate surface area is 142 Å². The van der Waals surface area contributed by atoms with Gasteiger partial charge in [-0.25, -0.2) is 4.79 Å². The fourth-order valence-corrected chi connectivity index (χ4v) is 3.20. The molecule has 1 heterocycles. The summed E-state index contributed by atoms with van der Waals surface area (Å²) in [5, 5.41) is 6.69. The van der Waals surface area contributed by atoms with E-state index in [2.05, 4.69) is 36.4 Å². The number of carbonyl (C=O) groups excluding carboxylic acids is 1. The van der Waals surface area contributed by atoms with Gasteiger partial charge in [0, 0.05) is 13.1 Å². The summed E-state index contributed by atoms with van der Waals surface area (Å²) < 4.78 is 5.42. The molecule has 23 heavy (non-hydrogen) atoms. The normalized spacial score (nSPS) is 20.3. The third-order valence-electron chi connectivity index (χ3n) is 4.74. The van der Waals surface area contributed by atoms with Crippen molar-refractivity contribution in [1.29, 1.82) is 0 Å². The molecular formula is C18H37N3O2. The van der Waals surface area contributed by atoms with Crippen LogP contribution in [0.15, 0.2) is 0 Å². The number of nitrogens with one attached hydrogen (secondary N) is 2. The zero-order chi connectivity index (χ0) is 17.5. The number of alkyl carbamates (subject to hydrolysis) is 1. The summed E-state index contributed by atoms with van der Waals surface area (Å²) >= 11 is 0. The van der Waals surface area contributed by atoms with E-state index in [1.807, 2.05) is 20.8 Å². The lowest BCUT2D eigenvalue weighted by molar-refractivity contribution is 0.0445. The number of nitrogens with zero attached hydrogens (tertiary/aromatic N) is 1. The largest absolute Gasteiger partial charge is 0.444 e. The van der Waals surface area contributed by atoms with Crippen molar-refractivity contribution in [3.8, 4) is 0 Å². The molecule has 0 bridgehead atoms. The van der Waals surface area contributed by atoms with Gasteiger partial charge in [-0.2, -0.15) is 0 Å². The second-order valence-corrected chi connectivity index (χ2v) is 8.02. The maximum atomic E-state index is 12.1. The SMILES string of the molecule is CCC(CC)(CNCC1CCCN(C)C1)NC(=O)OC(C)(C)C. The van der Waals surface area contributed by atoms with Gasteiger partial charge in [-0.1, -0.05) is 13.8 Å². The van der Waals surface area contributed by atoms with Crippen LogP contribution >= 0.6 is 0 Å². The Morgan fingerprint density at radius 3 is 2.43 bits per heavy atom. The number of hydrogen-bond acceptors (Lipinski definition) is 4. The van der Waals surface area contributed by atoms with E-state index in [9.17, 15) is 4.79 Å². The zero-order valence-electron chi connectivity index (χ0n) is 16.0. The molecule has 136 valence electrons. The minimum Gasteiger partial charge on any atom is -0.444 e. The first-order valence-corrected chi connectivity index (χ1v) is 9.10. The van der Waals surface area contributed by atoms with E-state index in [0.29, 0.717) is 5.92 Å². The van der Waals surface area contributed by atoms with Gasteiger partial charge in [0.1, 0.15) is 5.60 Å². The predicted octanol–water partition coefficient (Wildman–Crippen LogP) is 3.00. The van der Waals surface area contributed by atoms with Gasteiger partial charge in [0.05, 0.1) is 5.54 Å². The van der Waals surface area contributed by atoms with Crippen LogP contribution in [0, 0.1) is 5.92 Å². The Morgan fingerprint density at radius 2 is 1.91 bits per heavy atom. The average Bonchev–Trinajstić information content (AvgIpc) is 2.44. The van der Waals surface area contributed by atoms with Crippen LogP contribution in [0.4, 0.5) is 4.79 Å². The Morgan fingerprint density at radius 1 is 1.26 bits per heavy atom. The zero-order valence-corrected chi connectivity index (χ0v) is 16.0. The van der Waals surface area contributed by atoms with Crippen molar-refractivity contribution in [2.24, 2.45) is 5.92 Å². The standard InChI is InChI=1S/C18H37N3O2/c1-7-18(8-2,20-16(22)23-17(3,4)5)14-19-12-15-10-9-11-21(6)13-15/h15,19H,7-14H2,1-6H3,(H,20,22). The molecule has 1 fully saturated rings. The number of ether oxygens (including phenoxy) is 1. The summed E-state index contributed by atoms with van der Waals surface area (Å²) in [6.07, 6.45) is 4.04. The van der Waals surface area contributed by atoms with Gasteiger partial charge in [-0.3, -0.25) is 0 Å². The molecule has 1 aliphatic heterocycles. The molecule has 0 aromatic carbocycles. The fraction of sp³-hybridized carbons (Fsp3) is 0.944. The van der Waals surface area contributed by atoms with E-state index in [4.69, 9.17) is 4.74 Å². The number of likely N-dealkylation sites (tertiary alicyclic amines) is 1. The second kappa shape index (κ2) is 8.88. The monoisotopic (exact) mass is 327 g/mol. The fourth-order valence-electron chi connectivity index (χ4n) is 3.20. The molecule has 1 unspecified atom stereocenters. The van der Waals surface area contributed by atoms with E-state index < -0.39 is 5.60 Å². The molecule has 0 aromatic rings. The van der Waals surface area contributed by atoms with Gasteiger partial charge >= 0.3 is 6.09 Å². The van der Waals surface area contributed by atoms with Gasteiger partial charge in [0.15, 0.2) is 0 Å². The highest BCUT2D eigenvalue weighted by atomic mass is 16.6. The minimum atomic E-state index is -0.461. The van der Waals surface area contributed by atoms with Crippen LogP contribution < -0.4 is 10.6 Å². The molecule has 0 aliphatic carbocycles. The molecule has 2 N–H and O–H groups in total. The molecule has 0 radical (unpaired) electrons. The summed E-state index contributed by atoms with van der Waals surface area (Å²) in [4.78, 5) is 14.5. The first kappa shape index (κ1) is 20.2. The molecule has 5 nitrogen and oxygen atoms in total. The Bertz CT molecular complexity index is 362. The molecular weight excluding hydrogens is 290 g/mol. The molecule has 1 aliphatic rings. The quantitative estimate of drug-likeness (QED) is 0.755. The summed E-state index contributed by atoms with van der Waals surface area (Å²) in [6, 6.07) is 0. The highest BCUT2D eigenvalue weighted by Gasteiger charge is 2.30. The Hall–Kier alpha value is -0.810. The molecule has 0 saturated carbocycles. The first-order valence-electron chi connectivity index (χ1n) is 9.10. The van der Waals surface area contributed by atoms with E-state index in [1.54, 1.807) is 0 Å². The summed E-state index contributed by atoms with van der Waals surface area (Å²) in [5.74, 6) is 0.710. The van der Waals surface area contributed by atoms with Crippen molar-refractivity contribution in [2.45, 2.75) is 71.4 Å². The highest BCUT2D eigenvalue weighted by molar-refractivity contribution is 5.68. The van der Waals surface area contributed by atoms with Gasteiger partial charge in [-0.15, -0.1) is 0 Å². The topological polar surface area (TPSA) is 53.6 Å².